The molecular weight excluding hydrogens is 168 g/mol. The Labute approximate surface area is 69.6 Å². The van der Waals surface area contributed by atoms with Gasteiger partial charge in [-0.25, -0.2) is 0 Å². The summed E-state index contributed by atoms with van der Waals surface area (Å²) in [5.74, 6) is 0. The molecule has 0 aromatic rings. The van der Waals surface area contributed by atoms with E-state index in [2.05, 4.69) is 6.92 Å². The number of rotatable bonds is 2. The molecule has 2 N–H and O–H groups in total. The van der Waals surface area contributed by atoms with Crippen LogP contribution >= 0.6 is 37.2 Å². The van der Waals surface area contributed by atoms with Crippen LogP contribution in [0.25, 0.3) is 0 Å². The first-order valence-corrected chi connectivity index (χ1v) is 2.12. The lowest BCUT2D eigenvalue weighted by atomic mass is 10.3. The van der Waals surface area contributed by atoms with Crippen molar-refractivity contribution >= 4 is 37.2 Å². The maximum absolute atomic E-state index is 5.14. The van der Waals surface area contributed by atoms with Crippen LogP contribution in [-0.4, -0.2) is 6.54 Å². The fourth-order valence-corrected chi connectivity index (χ4v) is 0.204. The van der Waals surface area contributed by atoms with E-state index < -0.39 is 0 Å². The van der Waals surface area contributed by atoms with E-state index in [1.165, 1.54) is 12.8 Å². The Kier molecular flexibility index (Phi) is 72.2. The highest BCUT2D eigenvalue weighted by Gasteiger charge is 1.67. The maximum atomic E-state index is 5.14. The summed E-state index contributed by atoms with van der Waals surface area (Å²) in [5, 5.41) is 0. The SMILES string of the molecule is CCCCN.Cl.Cl.Cl. The summed E-state index contributed by atoms with van der Waals surface area (Å²) in [6.45, 7) is 2.98. The van der Waals surface area contributed by atoms with Gasteiger partial charge in [-0.1, -0.05) is 13.3 Å². The first-order chi connectivity index (χ1) is 2.41. The van der Waals surface area contributed by atoms with E-state index in [0.717, 1.165) is 6.54 Å². The molecule has 0 aliphatic heterocycles. The molecule has 0 aliphatic rings. The quantitative estimate of drug-likeness (QED) is 0.695. The summed E-state index contributed by atoms with van der Waals surface area (Å²) in [6.07, 6.45) is 2.39. The van der Waals surface area contributed by atoms with Gasteiger partial charge in [0.1, 0.15) is 0 Å². The molecule has 0 spiro atoms. The van der Waals surface area contributed by atoms with E-state index in [4.69, 9.17) is 5.73 Å². The fourth-order valence-electron chi connectivity index (χ4n) is 0.204. The molecular formula is C4H14Cl3N. The van der Waals surface area contributed by atoms with Crippen molar-refractivity contribution in [3.8, 4) is 0 Å². The van der Waals surface area contributed by atoms with E-state index in [1.807, 2.05) is 0 Å². The minimum atomic E-state index is 0. The molecule has 8 heavy (non-hydrogen) atoms. The van der Waals surface area contributed by atoms with Crippen molar-refractivity contribution in [2.75, 3.05) is 6.54 Å². The van der Waals surface area contributed by atoms with Gasteiger partial charge in [-0.15, -0.1) is 37.2 Å². The third-order valence-corrected chi connectivity index (χ3v) is 0.558. The summed E-state index contributed by atoms with van der Waals surface area (Å²) in [7, 11) is 0. The van der Waals surface area contributed by atoms with Crippen molar-refractivity contribution in [3.05, 3.63) is 0 Å². The zero-order valence-corrected chi connectivity index (χ0v) is 7.37. The lowest BCUT2D eigenvalue weighted by Crippen LogP contribution is -1.95. The Bertz CT molecular complexity index is 18.8. The van der Waals surface area contributed by atoms with Crippen LogP contribution in [-0.2, 0) is 0 Å². The Balaban J connectivity index is -0.0000000267. The fraction of sp³-hybridized carbons (Fsp3) is 1.00. The summed E-state index contributed by atoms with van der Waals surface area (Å²) in [5.41, 5.74) is 5.14. The van der Waals surface area contributed by atoms with Crippen molar-refractivity contribution in [1.29, 1.82) is 0 Å². The van der Waals surface area contributed by atoms with E-state index in [0.29, 0.717) is 0 Å². The van der Waals surface area contributed by atoms with Crippen LogP contribution in [0.15, 0.2) is 0 Å². The minimum Gasteiger partial charge on any atom is -0.330 e. The van der Waals surface area contributed by atoms with Gasteiger partial charge in [0, 0.05) is 0 Å². The Hall–Kier alpha value is 0.830. The first-order valence-electron chi connectivity index (χ1n) is 2.12. The van der Waals surface area contributed by atoms with Gasteiger partial charge in [-0.05, 0) is 13.0 Å². The molecule has 0 atom stereocenters. The highest BCUT2D eigenvalue weighted by molar-refractivity contribution is 5.86. The van der Waals surface area contributed by atoms with E-state index in [9.17, 15) is 0 Å². The number of nitrogens with two attached hydrogens (primary N) is 1. The summed E-state index contributed by atoms with van der Waals surface area (Å²) >= 11 is 0. The van der Waals surface area contributed by atoms with Gasteiger partial charge in [0.25, 0.3) is 0 Å². The van der Waals surface area contributed by atoms with Crippen LogP contribution in [0.5, 0.6) is 0 Å². The predicted octanol–water partition coefficient (Wildman–Crippen LogP) is 2.01. The van der Waals surface area contributed by atoms with Gasteiger partial charge >= 0.3 is 0 Å². The second-order valence-corrected chi connectivity index (χ2v) is 1.14. The van der Waals surface area contributed by atoms with Gasteiger partial charge in [-0.2, -0.15) is 0 Å². The molecule has 4 heteroatoms. The van der Waals surface area contributed by atoms with Gasteiger partial charge in [0.2, 0.25) is 0 Å². The van der Waals surface area contributed by atoms with E-state index >= 15 is 0 Å². The number of hydrogen-bond acceptors (Lipinski definition) is 1. The van der Waals surface area contributed by atoms with Crippen LogP contribution < -0.4 is 5.73 Å². The normalized spacial score (nSPS) is 5.25. The molecule has 0 bridgehead atoms. The minimum absolute atomic E-state index is 0. The van der Waals surface area contributed by atoms with Crippen molar-refractivity contribution < 1.29 is 0 Å². The van der Waals surface area contributed by atoms with Crippen LogP contribution in [0, 0.1) is 0 Å². The van der Waals surface area contributed by atoms with Crippen molar-refractivity contribution in [2.45, 2.75) is 19.8 Å². The largest absolute Gasteiger partial charge is 0.330 e. The number of halogens is 3. The second-order valence-electron chi connectivity index (χ2n) is 1.14. The topological polar surface area (TPSA) is 26.0 Å². The zero-order valence-electron chi connectivity index (χ0n) is 4.92. The molecule has 0 fully saturated rings. The Morgan fingerprint density at radius 1 is 1.12 bits per heavy atom. The molecule has 0 amide bonds. The van der Waals surface area contributed by atoms with Crippen molar-refractivity contribution in [2.24, 2.45) is 5.73 Å². The lowest BCUT2D eigenvalue weighted by Gasteiger charge is -1.80. The lowest BCUT2D eigenvalue weighted by molar-refractivity contribution is 0.807. The third kappa shape index (κ3) is 29.0. The van der Waals surface area contributed by atoms with E-state index in [1.54, 1.807) is 0 Å². The van der Waals surface area contributed by atoms with Crippen LogP contribution in [0.3, 0.4) is 0 Å². The van der Waals surface area contributed by atoms with Gasteiger partial charge in [0.05, 0.1) is 0 Å². The van der Waals surface area contributed by atoms with Crippen LogP contribution in [0.1, 0.15) is 19.8 Å². The smallest absolute Gasteiger partial charge is 0.00774 e. The second kappa shape index (κ2) is 24.9. The Morgan fingerprint density at radius 3 is 1.50 bits per heavy atom. The third-order valence-electron chi connectivity index (χ3n) is 0.558. The molecule has 0 radical (unpaired) electrons. The van der Waals surface area contributed by atoms with Gasteiger partial charge in [0.15, 0.2) is 0 Å². The molecule has 0 saturated heterocycles. The highest BCUT2D eigenvalue weighted by atomic mass is 35.5. The Morgan fingerprint density at radius 2 is 1.50 bits per heavy atom. The molecule has 0 aromatic carbocycles. The van der Waals surface area contributed by atoms with Gasteiger partial charge < -0.3 is 5.73 Å². The monoisotopic (exact) mass is 181 g/mol. The van der Waals surface area contributed by atoms with Crippen molar-refractivity contribution in [3.63, 3.8) is 0 Å². The van der Waals surface area contributed by atoms with Crippen LogP contribution in [0.4, 0.5) is 0 Å². The molecule has 1 nitrogen and oxygen atoms in total. The van der Waals surface area contributed by atoms with Gasteiger partial charge in [-0.3, -0.25) is 0 Å². The predicted molar refractivity (Wildman–Crippen MR) is 45.7 cm³/mol. The first kappa shape index (κ1) is 23.2. The average molecular weight is 183 g/mol. The average Bonchev–Trinajstić information content (AvgIpc) is 1.41. The molecule has 0 unspecified atom stereocenters. The standard InChI is InChI=1S/C4H11N.3ClH/c1-2-3-4-5;;;/h2-5H2,1H3;3*1H. The highest BCUT2D eigenvalue weighted by Crippen LogP contribution is 1.77. The van der Waals surface area contributed by atoms with Crippen LogP contribution in [0.2, 0.25) is 0 Å². The molecule has 0 heterocycles. The molecule has 0 rings (SSSR count). The maximum Gasteiger partial charge on any atom is -0.00774 e. The molecule has 56 valence electrons. The number of unbranched alkanes of at least 4 members (excludes halogenated alkanes) is 1. The summed E-state index contributed by atoms with van der Waals surface area (Å²) in [6, 6.07) is 0. The molecule has 0 aliphatic carbocycles. The van der Waals surface area contributed by atoms with E-state index in [-0.39, 0.29) is 37.2 Å². The zero-order chi connectivity index (χ0) is 4.12. The molecule has 0 saturated carbocycles. The summed E-state index contributed by atoms with van der Waals surface area (Å²) < 4.78 is 0. The summed E-state index contributed by atoms with van der Waals surface area (Å²) in [4.78, 5) is 0. The number of hydrogen-bond donors (Lipinski definition) is 1. The van der Waals surface area contributed by atoms with Crippen molar-refractivity contribution in [1.82, 2.24) is 0 Å². The molecule has 0 aromatic heterocycles.